The maximum atomic E-state index is 13.9. The van der Waals surface area contributed by atoms with E-state index in [1.807, 2.05) is 13.8 Å². The molecule has 6 rings (SSSR count). The van der Waals surface area contributed by atoms with Gasteiger partial charge in [-0.25, -0.2) is 9.37 Å². The lowest BCUT2D eigenvalue weighted by atomic mass is 9.94. The van der Waals surface area contributed by atoms with Crippen molar-refractivity contribution in [2.75, 3.05) is 11.5 Å². The molecule has 1 amide bonds. The Morgan fingerprint density at radius 3 is 2.71 bits per heavy atom. The lowest BCUT2D eigenvalue weighted by molar-refractivity contribution is -0.132. The van der Waals surface area contributed by atoms with E-state index in [0.717, 1.165) is 22.6 Å². The molecular formula is C29H23FN2O5S. The topological polar surface area (TPSA) is 89.0 Å². The van der Waals surface area contributed by atoms with Crippen molar-refractivity contribution in [3.05, 3.63) is 88.7 Å². The summed E-state index contributed by atoms with van der Waals surface area (Å²) in [6.45, 7) is 4.32. The monoisotopic (exact) mass is 530 g/mol. The second-order valence-corrected chi connectivity index (χ2v) is 10.2. The molecule has 7 nitrogen and oxygen atoms in total. The number of rotatable bonds is 5. The van der Waals surface area contributed by atoms with E-state index in [0.29, 0.717) is 40.1 Å². The van der Waals surface area contributed by atoms with Crippen molar-refractivity contribution >= 4 is 44.1 Å². The van der Waals surface area contributed by atoms with E-state index >= 15 is 0 Å². The van der Waals surface area contributed by atoms with E-state index in [1.165, 1.54) is 23.1 Å². The number of benzene rings is 3. The van der Waals surface area contributed by atoms with Gasteiger partial charge in [0.25, 0.3) is 5.78 Å². The molecule has 1 aromatic heterocycles. The maximum absolute atomic E-state index is 13.9. The number of ether oxygens (including phenoxy) is 2. The minimum atomic E-state index is -0.945. The van der Waals surface area contributed by atoms with Gasteiger partial charge >= 0.3 is 5.91 Å². The lowest BCUT2D eigenvalue weighted by Crippen LogP contribution is -2.29. The molecule has 38 heavy (non-hydrogen) atoms. The van der Waals surface area contributed by atoms with Gasteiger partial charge in [-0.05, 0) is 73.5 Å². The highest BCUT2D eigenvalue weighted by molar-refractivity contribution is 7.22. The first-order chi connectivity index (χ1) is 18.3. The van der Waals surface area contributed by atoms with Crippen LogP contribution >= 0.6 is 11.3 Å². The van der Waals surface area contributed by atoms with Gasteiger partial charge in [-0.3, -0.25) is 14.5 Å². The Bertz CT molecular complexity index is 1630. The second kappa shape index (κ2) is 9.25. The van der Waals surface area contributed by atoms with Crippen LogP contribution in [0.1, 0.15) is 36.6 Å². The molecule has 2 aliphatic rings. The first-order valence-electron chi connectivity index (χ1n) is 12.2. The number of carbonyl (C=O) groups is 2. The van der Waals surface area contributed by atoms with Crippen LogP contribution in [0.15, 0.2) is 66.2 Å². The van der Waals surface area contributed by atoms with Crippen LogP contribution in [0.2, 0.25) is 0 Å². The van der Waals surface area contributed by atoms with Crippen molar-refractivity contribution < 1.29 is 28.6 Å². The molecule has 0 aliphatic carbocycles. The number of halogens is 1. The number of carbonyl (C=O) groups excluding carboxylic acids is 2. The molecule has 2 aliphatic heterocycles. The standard InChI is InChI=1S/C29H23FN2O5S/c1-3-36-20-8-4-16(5-9-20)25-24(26(33)17-6-11-22-18(13-17)12-15(2)37-22)27(34)28(35)32(25)29-31-21-10-7-19(30)14-23(21)38-29/h4-11,13-15,25,33H,3,12H2,1-2H3/t15-,25-/m1/s1. The summed E-state index contributed by atoms with van der Waals surface area (Å²) in [4.78, 5) is 32.7. The minimum Gasteiger partial charge on any atom is -0.507 e. The summed E-state index contributed by atoms with van der Waals surface area (Å²) in [5.74, 6) is -0.970. The molecule has 3 heterocycles. The Hall–Kier alpha value is -4.24. The van der Waals surface area contributed by atoms with Gasteiger partial charge < -0.3 is 14.6 Å². The lowest BCUT2D eigenvalue weighted by Gasteiger charge is -2.23. The van der Waals surface area contributed by atoms with Crippen LogP contribution in [-0.4, -0.2) is 34.5 Å². The zero-order valence-electron chi connectivity index (χ0n) is 20.6. The number of aromatic nitrogens is 1. The third kappa shape index (κ3) is 3.99. The van der Waals surface area contributed by atoms with E-state index in [1.54, 1.807) is 42.5 Å². The first kappa shape index (κ1) is 24.1. The van der Waals surface area contributed by atoms with E-state index in [9.17, 15) is 19.1 Å². The van der Waals surface area contributed by atoms with Crippen LogP contribution in [0, 0.1) is 5.82 Å². The number of Topliss-reactive ketones (excluding diaryl/α,β-unsaturated/α-hetero) is 1. The molecule has 2 atom stereocenters. The van der Waals surface area contributed by atoms with Crippen molar-refractivity contribution in [3.63, 3.8) is 0 Å². The number of thiazole rings is 1. The van der Waals surface area contributed by atoms with Gasteiger partial charge in [0.15, 0.2) is 5.13 Å². The fraction of sp³-hybridized carbons (Fsp3) is 0.207. The summed E-state index contributed by atoms with van der Waals surface area (Å²) in [5.41, 5.74) is 2.39. The van der Waals surface area contributed by atoms with Crippen LogP contribution in [0.3, 0.4) is 0 Å². The molecule has 0 spiro atoms. The van der Waals surface area contributed by atoms with Crippen molar-refractivity contribution in [2.45, 2.75) is 32.4 Å². The molecule has 1 saturated heterocycles. The van der Waals surface area contributed by atoms with E-state index in [2.05, 4.69) is 4.98 Å². The Morgan fingerprint density at radius 2 is 1.95 bits per heavy atom. The van der Waals surface area contributed by atoms with Crippen LogP contribution in [0.5, 0.6) is 11.5 Å². The number of aliphatic hydroxyl groups excluding tert-OH is 1. The summed E-state index contributed by atoms with van der Waals surface area (Å²) < 4.78 is 25.7. The molecule has 0 bridgehead atoms. The van der Waals surface area contributed by atoms with Crippen molar-refractivity contribution in [2.24, 2.45) is 0 Å². The molecule has 1 N–H and O–H groups in total. The van der Waals surface area contributed by atoms with E-state index < -0.39 is 23.5 Å². The highest BCUT2D eigenvalue weighted by atomic mass is 32.1. The van der Waals surface area contributed by atoms with Gasteiger partial charge in [-0.2, -0.15) is 0 Å². The summed E-state index contributed by atoms with van der Waals surface area (Å²) in [6.07, 6.45) is 0.691. The zero-order valence-corrected chi connectivity index (χ0v) is 21.4. The summed E-state index contributed by atoms with van der Waals surface area (Å²) in [7, 11) is 0. The fourth-order valence-electron chi connectivity index (χ4n) is 4.97. The summed E-state index contributed by atoms with van der Waals surface area (Å²) in [6, 6.07) is 15.5. The largest absolute Gasteiger partial charge is 0.507 e. The van der Waals surface area contributed by atoms with Gasteiger partial charge in [0.05, 0.1) is 28.4 Å². The fourth-order valence-corrected chi connectivity index (χ4v) is 5.99. The zero-order chi connectivity index (χ0) is 26.6. The number of nitrogens with zero attached hydrogens (tertiary/aromatic N) is 2. The van der Waals surface area contributed by atoms with Crippen LogP contribution < -0.4 is 14.4 Å². The first-order valence-corrected chi connectivity index (χ1v) is 13.1. The van der Waals surface area contributed by atoms with Crippen LogP contribution in [0.4, 0.5) is 9.52 Å². The van der Waals surface area contributed by atoms with Gasteiger partial charge in [0, 0.05) is 12.0 Å². The molecule has 0 radical (unpaired) electrons. The third-order valence-corrected chi connectivity index (χ3v) is 7.68. The minimum absolute atomic E-state index is 0.0145. The summed E-state index contributed by atoms with van der Waals surface area (Å²) >= 11 is 1.11. The Kier molecular flexibility index (Phi) is 5.87. The Balaban J connectivity index is 1.51. The number of anilines is 1. The quantitative estimate of drug-likeness (QED) is 0.200. The molecule has 1 fully saturated rings. The predicted octanol–water partition coefficient (Wildman–Crippen LogP) is 5.78. The van der Waals surface area contributed by atoms with Gasteiger partial charge in [0.1, 0.15) is 29.2 Å². The highest BCUT2D eigenvalue weighted by Gasteiger charge is 2.48. The van der Waals surface area contributed by atoms with Crippen molar-refractivity contribution in [1.82, 2.24) is 4.98 Å². The average molecular weight is 531 g/mol. The molecule has 4 aromatic rings. The van der Waals surface area contributed by atoms with E-state index in [-0.39, 0.29) is 22.6 Å². The molecular weight excluding hydrogens is 507 g/mol. The normalized spacial score (nSPS) is 20.1. The maximum Gasteiger partial charge on any atom is 0.301 e. The molecule has 192 valence electrons. The van der Waals surface area contributed by atoms with E-state index in [4.69, 9.17) is 9.47 Å². The number of fused-ring (bicyclic) bond motifs is 2. The smallest absolute Gasteiger partial charge is 0.301 e. The van der Waals surface area contributed by atoms with Gasteiger partial charge in [0.2, 0.25) is 0 Å². The third-order valence-electron chi connectivity index (χ3n) is 6.67. The molecule has 0 unspecified atom stereocenters. The Morgan fingerprint density at radius 1 is 1.16 bits per heavy atom. The number of hydrogen-bond acceptors (Lipinski definition) is 7. The van der Waals surface area contributed by atoms with Crippen molar-refractivity contribution in [3.8, 4) is 11.5 Å². The molecule has 3 aromatic carbocycles. The average Bonchev–Trinajstić information content (AvgIpc) is 3.56. The highest BCUT2D eigenvalue weighted by Crippen LogP contribution is 2.45. The SMILES string of the molecule is CCOc1ccc([C@@H]2C(=C(O)c3ccc4c(c3)C[C@@H](C)O4)C(=O)C(=O)N2c2nc3ccc(F)cc3s2)cc1. The number of amides is 1. The van der Waals surface area contributed by atoms with Crippen LogP contribution in [0.25, 0.3) is 16.0 Å². The van der Waals surface area contributed by atoms with Gasteiger partial charge in [-0.1, -0.05) is 23.5 Å². The predicted molar refractivity (Wildman–Crippen MR) is 142 cm³/mol. The summed E-state index contributed by atoms with van der Waals surface area (Å²) in [5, 5.41) is 11.7. The Labute approximate surface area is 221 Å². The molecule has 0 saturated carbocycles. The van der Waals surface area contributed by atoms with Gasteiger partial charge in [-0.15, -0.1) is 0 Å². The van der Waals surface area contributed by atoms with Crippen molar-refractivity contribution in [1.29, 1.82) is 0 Å². The number of hydrogen-bond donors (Lipinski definition) is 1. The number of aliphatic hydroxyl groups is 1. The van der Waals surface area contributed by atoms with Crippen LogP contribution in [-0.2, 0) is 16.0 Å². The second-order valence-electron chi connectivity index (χ2n) is 9.23. The number of ketones is 1. The molecule has 9 heteroatoms.